The summed E-state index contributed by atoms with van der Waals surface area (Å²) in [5.74, 6) is 0.952. The summed E-state index contributed by atoms with van der Waals surface area (Å²) in [5.41, 5.74) is 3.15. The maximum atomic E-state index is 11.3. The van der Waals surface area contributed by atoms with Crippen LogP contribution in [0.15, 0.2) is 59.6 Å². The van der Waals surface area contributed by atoms with Gasteiger partial charge in [0.25, 0.3) is 0 Å². The average molecular weight is 537 g/mol. The van der Waals surface area contributed by atoms with Gasteiger partial charge >= 0.3 is 6.09 Å². The molecule has 2 aromatic carbocycles. The number of carbonyl (C=O) groups excluding carboxylic acids is 1. The van der Waals surface area contributed by atoms with Crippen LogP contribution in [-0.2, 0) is 17.8 Å². The first-order valence-corrected chi connectivity index (χ1v) is 10.4. The Morgan fingerprint density at radius 2 is 1.68 bits per heavy atom. The number of ether oxygens (including phenoxy) is 1. The molecule has 0 atom stereocenters. The molecule has 31 heavy (non-hydrogen) atoms. The Kier molecular flexibility index (Phi) is 10.6. The van der Waals surface area contributed by atoms with E-state index in [9.17, 15) is 4.79 Å². The Labute approximate surface area is 201 Å². The number of guanidine groups is 1. The quantitative estimate of drug-likeness (QED) is 0.334. The zero-order valence-corrected chi connectivity index (χ0v) is 20.5. The van der Waals surface area contributed by atoms with Crippen molar-refractivity contribution in [3.8, 4) is 0 Å². The number of hydrogen-bond donors (Lipinski definition) is 2. The van der Waals surface area contributed by atoms with Crippen LogP contribution >= 0.6 is 24.0 Å². The van der Waals surface area contributed by atoms with E-state index in [1.165, 1.54) is 12.7 Å². The van der Waals surface area contributed by atoms with Crippen molar-refractivity contribution in [1.29, 1.82) is 0 Å². The van der Waals surface area contributed by atoms with Crippen LogP contribution in [0.2, 0.25) is 0 Å². The Balaban J connectivity index is 0.00000341. The first-order valence-electron chi connectivity index (χ1n) is 10.4. The zero-order valence-electron chi connectivity index (χ0n) is 18.2. The number of nitrogens with one attached hydrogen (secondary N) is 2. The highest BCUT2D eigenvalue weighted by atomic mass is 127. The molecule has 1 aliphatic rings. The average Bonchev–Trinajstić information content (AvgIpc) is 2.79. The van der Waals surface area contributed by atoms with Gasteiger partial charge < -0.3 is 15.0 Å². The molecule has 0 saturated carbocycles. The molecule has 1 saturated heterocycles. The predicted molar refractivity (Wildman–Crippen MR) is 136 cm³/mol. The normalized spacial score (nSPS) is 14.5. The predicted octanol–water partition coefficient (Wildman–Crippen LogP) is 3.77. The number of aliphatic imine (C=N–C) groups is 1. The van der Waals surface area contributed by atoms with Gasteiger partial charge in [-0.3, -0.25) is 10.2 Å². The molecule has 1 aliphatic heterocycles. The van der Waals surface area contributed by atoms with Gasteiger partial charge in [-0.1, -0.05) is 42.5 Å². The largest absolute Gasteiger partial charge is 0.453 e. The molecule has 168 valence electrons. The lowest BCUT2D eigenvalue weighted by molar-refractivity contribution is 0.172. The van der Waals surface area contributed by atoms with Crippen LogP contribution in [-0.4, -0.2) is 61.7 Å². The topological polar surface area (TPSA) is 69.2 Å². The molecule has 0 aromatic heterocycles. The Hall–Kier alpha value is -2.33. The second-order valence-corrected chi connectivity index (χ2v) is 7.23. The lowest BCUT2D eigenvalue weighted by atomic mass is 10.2. The van der Waals surface area contributed by atoms with Gasteiger partial charge in [-0.25, -0.2) is 9.79 Å². The lowest BCUT2D eigenvalue weighted by Gasteiger charge is -2.36. The second kappa shape index (κ2) is 13.2. The van der Waals surface area contributed by atoms with E-state index in [1.54, 1.807) is 0 Å². The maximum absolute atomic E-state index is 11.3. The molecule has 0 radical (unpaired) electrons. The molecule has 8 heteroatoms. The van der Waals surface area contributed by atoms with E-state index in [4.69, 9.17) is 4.99 Å². The number of nitrogens with zero attached hydrogens (tertiary/aromatic N) is 3. The maximum Gasteiger partial charge on any atom is 0.411 e. The molecule has 0 unspecified atom stereocenters. The Morgan fingerprint density at radius 3 is 2.29 bits per heavy atom. The van der Waals surface area contributed by atoms with Gasteiger partial charge in [0.15, 0.2) is 5.96 Å². The fraction of sp³-hybridized carbons (Fsp3) is 0.391. The summed E-state index contributed by atoms with van der Waals surface area (Å²) in [4.78, 5) is 20.9. The molecular formula is C23H32IN5O2. The minimum atomic E-state index is -0.471. The molecule has 1 fully saturated rings. The van der Waals surface area contributed by atoms with Crippen LogP contribution < -0.4 is 10.6 Å². The molecule has 2 aromatic rings. The third-order valence-electron chi connectivity index (χ3n) is 5.05. The first kappa shape index (κ1) is 24.9. The molecule has 0 spiro atoms. The SMILES string of the molecule is CCNC(=NCc1ccc(NC(=O)OC)cc1)N1CCN(Cc2ccccc2)CC1.I. The van der Waals surface area contributed by atoms with Crippen molar-refractivity contribution in [2.45, 2.75) is 20.0 Å². The molecule has 2 N–H and O–H groups in total. The summed E-state index contributed by atoms with van der Waals surface area (Å²) in [6.45, 7) is 8.47. The van der Waals surface area contributed by atoms with E-state index in [2.05, 4.69) is 62.4 Å². The van der Waals surface area contributed by atoms with Crippen molar-refractivity contribution < 1.29 is 9.53 Å². The fourth-order valence-corrected chi connectivity index (χ4v) is 3.41. The van der Waals surface area contributed by atoms with Crippen molar-refractivity contribution in [2.24, 2.45) is 4.99 Å². The van der Waals surface area contributed by atoms with E-state index in [0.29, 0.717) is 12.2 Å². The standard InChI is InChI=1S/C23H31N5O2.HI/c1-3-24-22(25-17-19-9-11-21(12-10-19)26-23(29)30-2)28-15-13-27(14-16-28)18-20-7-5-4-6-8-20;/h4-12H,3,13-18H2,1-2H3,(H,24,25)(H,26,29);1H. The number of carbonyl (C=O) groups is 1. The van der Waals surface area contributed by atoms with Crippen LogP contribution in [0.3, 0.4) is 0 Å². The van der Waals surface area contributed by atoms with Gasteiger partial charge in [-0.05, 0) is 30.2 Å². The lowest BCUT2D eigenvalue weighted by Crippen LogP contribution is -2.52. The van der Waals surface area contributed by atoms with Gasteiger partial charge in [-0.2, -0.15) is 0 Å². The Bertz CT molecular complexity index is 822. The van der Waals surface area contributed by atoms with Gasteiger partial charge in [-0.15, -0.1) is 24.0 Å². The number of halogens is 1. The van der Waals surface area contributed by atoms with Crippen LogP contribution in [0.4, 0.5) is 10.5 Å². The number of methoxy groups -OCH3 is 1. The highest BCUT2D eigenvalue weighted by Crippen LogP contribution is 2.12. The third kappa shape index (κ3) is 8.02. The third-order valence-corrected chi connectivity index (χ3v) is 5.05. The summed E-state index contributed by atoms with van der Waals surface area (Å²) < 4.78 is 4.61. The fourth-order valence-electron chi connectivity index (χ4n) is 3.41. The van der Waals surface area contributed by atoms with Crippen molar-refractivity contribution in [3.05, 3.63) is 65.7 Å². The molecule has 3 rings (SSSR count). The number of piperazine rings is 1. The van der Waals surface area contributed by atoms with Gasteiger partial charge in [0, 0.05) is 45.0 Å². The molecule has 7 nitrogen and oxygen atoms in total. The van der Waals surface area contributed by atoms with E-state index in [-0.39, 0.29) is 24.0 Å². The molecule has 0 aliphatic carbocycles. The minimum absolute atomic E-state index is 0. The van der Waals surface area contributed by atoms with Crippen molar-refractivity contribution in [1.82, 2.24) is 15.1 Å². The summed E-state index contributed by atoms with van der Waals surface area (Å²) in [5, 5.41) is 6.07. The Morgan fingerprint density at radius 1 is 1.00 bits per heavy atom. The van der Waals surface area contributed by atoms with Crippen LogP contribution in [0.25, 0.3) is 0 Å². The number of hydrogen-bond acceptors (Lipinski definition) is 4. The molecule has 1 amide bonds. The van der Waals surface area contributed by atoms with E-state index >= 15 is 0 Å². The van der Waals surface area contributed by atoms with E-state index in [1.807, 2.05) is 24.3 Å². The summed E-state index contributed by atoms with van der Waals surface area (Å²) in [6.07, 6.45) is -0.471. The zero-order chi connectivity index (χ0) is 21.2. The van der Waals surface area contributed by atoms with Crippen molar-refractivity contribution >= 4 is 41.7 Å². The monoisotopic (exact) mass is 537 g/mol. The summed E-state index contributed by atoms with van der Waals surface area (Å²) >= 11 is 0. The van der Waals surface area contributed by atoms with Crippen molar-refractivity contribution in [3.63, 3.8) is 0 Å². The minimum Gasteiger partial charge on any atom is -0.453 e. The summed E-state index contributed by atoms with van der Waals surface area (Å²) in [6, 6.07) is 18.3. The van der Waals surface area contributed by atoms with Gasteiger partial charge in [0.1, 0.15) is 0 Å². The molecular weight excluding hydrogens is 505 g/mol. The highest BCUT2D eigenvalue weighted by Gasteiger charge is 2.19. The van der Waals surface area contributed by atoms with Gasteiger partial charge in [0.2, 0.25) is 0 Å². The first-order chi connectivity index (χ1) is 14.7. The van der Waals surface area contributed by atoms with Crippen LogP contribution in [0.1, 0.15) is 18.1 Å². The van der Waals surface area contributed by atoms with E-state index < -0.39 is 6.09 Å². The van der Waals surface area contributed by atoms with E-state index in [0.717, 1.165) is 50.8 Å². The molecule has 1 heterocycles. The van der Waals surface area contributed by atoms with Crippen LogP contribution in [0, 0.1) is 0 Å². The summed E-state index contributed by atoms with van der Waals surface area (Å²) in [7, 11) is 1.35. The highest BCUT2D eigenvalue weighted by molar-refractivity contribution is 14.0. The molecule has 0 bridgehead atoms. The number of amides is 1. The number of benzene rings is 2. The van der Waals surface area contributed by atoms with Crippen molar-refractivity contribution in [2.75, 3.05) is 45.2 Å². The smallest absolute Gasteiger partial charge is 0.411 e. The number of rotatable bonds is 6. The van der Waals surface area contributed by atoms with Crippen LogP contribution in [0.5, 0.6) is 0 Å². The second-order valence-electron chi connectivity index (χ2n) is 7.23. The number of anilines is 1. The van der Waals surface area contributed by atoms with Gasteiger partial charge in [0.05, 0.1) is 13.7 Å².